The number of carbonyl (C=O) groups excluding carboxylic acids is 1. The first-order valence-corrected chi connectivity index (χ1v) is 5.89. The van der Waals surface area contributed by atoms with Crippen LogP contribution >= 0.6 is 11.6 Å². The molecule has 0 radical (unpaired) electrons. The number of rotatable bonds is 5. The molecule has 1 aromatic carbocycles. The first-order chi connectivity index (χ1) is 8.02. The van der Waals surface area contributed by atoms with Crippen LogP contribution in [0.3, 0.4) is 0 Å². The van der Waals surface area contributed by atoms with E-state index < -0.39 is 11.7 Å². The zero-order valence-corrected chi connectivity index (χ0v) is 10.4. The van der Waals surface area contributed by atoms with E-state index in [0.29, 0.717) is 6.54 Å². The van der Waals surface area contributed by atoms with Gasteiger partial charge >= 0.3 is 0 Å². The van der Waals surface area contributed by atoms with Crippen LogP contribution in [0.2, 0.25) is 0 Å². The third-order valence-electron chi connectivity index (χ3n) is 2.32. The average Bonchev–Trinajstić information content (AvgIpc) is 2.27. The van der Waals surface area contributed by atoms with Crippen molar-refractivity contribution in [1.29, 1.82) is 0 Å². The van der Waals surface area contributed by atoms with E-state index in [1.54, 1.807) is 0 Å². The fourth-order valence-corrected chi connectivity index (χ4v) is 1.55. The number of halogens is 1. The number of hydrogen-bond donors (Lipinski definition) is 3. The van der Waals surface area contributed by atoms with Gasteiger partial charge in [-0.2, -0.15) is 0 Å². The maximum absolute atomic E-state index is 11.6. The standard InChI is InChI=1S/C12H16ClNO3/c1-8(13)4-3-7-14-12(17)9-5-2-6-10(15)11(9)16/h2,5-6,8,15-16H,3-4,7H2,1H3,(H,14,17). The molecule has 94 valence electrons. The molecule has 1 aromatic rings. The highest BCUT2D eigenvalue weighted by Gasteiger charge is 2.13. The molecule has 1 atom stereocenters. The fraction of sp³-hybridized carbons (Fsp3) is 0.417. The van der Waals surface area contributed by atoms with Crippen molar-refractivity contribution in [3.63, 3.8) is 0 Å². The van der Waals surface area contributed by atoms with Crippen LogP contribution in [-0.2, 0) is 0 Å². The lowest BCUT2D eigenvalue weighted by Gasteiger charge is -2.08. The highest BCUT2D eigenvalue weighted by atomic mass is 35.5. The number of carbonyl (C=O) groups is 1. The maximum Gasteiger partial charge on any atom is 0.255 e. The molecule has 17 heavy (non-hydrogen) atoms. The SMILES string of the molecule is CC(Cl)CCCNC(=O)c1cccc(O)c1O. The minimum atomic E-state index is -0.402. The van der Waals surface area contributed by atoms with E-state index in [2.05, 4.69) is 5.32 Å². The zero-order chi connectivity index (χ0) is 12.8. The van der Waals surface area contributed by atoms with Crippen molar-refractivity contribution in [2.24, 2.45) is 0 Å². The summed E-state index contributed by atoms with van der Waals surface area (Å²) in [4.78, 5) is 11.6. The average molecular weight is 258 g/mol. The lowest BCUT2D eigenvalue weighted by atomic mass is 10.1. The molecular formula is C12H16ClNO3. The maximum atomic E-state index is 11.6. The molecule has 0 saturated carbocycles. The molecule has 0 aliphatic rings. The first-order valence-electron chi connectivity index (χ1n) is 5.45. The second-order valence-electron chi connectivity index (χ2n) is 3.85. The summed E-state index contributed by atoms with van der Waals surface area (Å²) in [6.07, 6.45) is 1.59. The number of phenolic OH excluding ortho intramolecular Hbond substituents is 2. The Morgan fingerprint density at radius 3 is 2.82 bits per heavy atom. The molecule has 0 fully saturated rings. The molecule has 1 unspecified atom stereocenters. The zero-order valence-electron chi connectivity index (χ0n) is 9.61. The minimum absolute atomic E-state index is 0.0731. The molecule has 5 heteroatoms. The van der Waals surface area contributed by atoms with Gasteiger partial charge < -0.3 is 15.5 Å². The fourth-order valence-electron chi connectivity index (χ4n) is 1.40. The Morgan fingerprint density at radius 2 is 2.18 bits per heavy atom. The van der Waals surface area contributed by atoms with Gasteiger partial charge in [-0.05, 0) is 31.9 Å². The predicted octanol–water partition coefficient (Wildman–Crippen LogP) is 2.24. The van der Waals surface area contributed by atoms with Gasteiger partial charge in [0.15, 0.2) is 11.5 Å². The molecule has 1 amide bonds. The van der Waals surface area contributed by atoms with Gasteiger partial charge in [0.2, 0.25) is 0 Å². The van der Waals surface area contributed by atoms with Crippen molar-refractivity contribution < 1.29 is 15.0 Å². The molecule has 4 nitrogen and oxygen atoms in total. The van der Waals surface area contributed by atoms with Gasteiger partial charge in [0, 0.05) is 11.9 Å². The molecule has 1 rings (SSSR count). The number of hydrogen-bond acceptors (Lipinski definition) is 3. The van der Waals surface area contributed by atoms with Gasteiger partial charge in [0.1, 0.15) is 0 Å². The smallest absolute Gasteiger partial charge is 0.255 e. The summed E-state index contributed by atoms with van der Waals surface area (Å²) in [5, 5.41) is 21.5. The van der Waals surface area contributed by atoms with Crippen LogP contribution in [0.5, 0.6) is 11.5 Å². The summed E-state index contributed by atoms with van der Waals surface area (Å²) < 4.78 is 0. The Kier molecular flexibility index (Phi) is 5.10. The Balaban J connectivity index is 2.50. The monoisotopic (exact) mass is 257 g/mol. The van der Waals surface area contributed by atoms with Crippen LogP contribution in [0.25, 0.3) is 0 Å². The van der Waals surface area contributed by atoms with E-state index in [4.69, 9.17) is 11.6 Å². The van der Waals surface area contributed by atoms with Crippen LogP contribution in [0.1, 0.15) is 30.1 Å². The summed E-state index contributed by atoms with van der Waals surface area (Å²) in [6, 6.07) is 4.28. The van der Waals surface area contributed by atoms with Crippen LogP contribution in [-0.4, -0.2) is 28.0 Å². The van der Waals surface area contributed by atoms with Gasteiger partial charge in [-0.1, -0.05) is 6.07 Å². The van der Waals surface area contributed by atoms with Crippen molar-refractivity contribution in [3.05, 3.63) is 23.8 Å². The third-order valence-corrected chi connectivity index (χ3v) is 2.54. The van der Waals surface area contributed by atoms with Gasteiger partial charge in [0.05, 0.1) is 5.56 Å². The van der Waals surface area contributed by atoms with E-state index in [0.717, 1.165) is 12.8 Å². The molecule has 0 bridgehead atoms. The molecule has 3 N–H and O–H groups in total. The van der Waals surface area contributed by atoms with Crippen LogP contribution in [0.15, 0.2) is 18.2 Å². The van der Waals surface area contributed by atoms with Crippen molar-refractivity contribution in [3.8, 4) is 11.5 Å². The summed E-state index contributed by atoms with van der Waals surface area (Å²) in [5.74, 6) is -1.09. The van der Waals surface area contributed by atoms with Crippen molar-refractivity contribution in [2.45, 2.75) is 25.1 Å². The van der Waals surface area contributed by atoms with E-state index >= 15 is 0 Å². The lowest BCUT2D eigenvalue weighted by molar-refractivity contribution is 0.0949. The van der Waals surface area contributed by atoms with Crippen molar-refractivity contribution in [1.82, 2.24) is 5.32 Å². The highest BCUT2D eigenvalue weighted by molar-refractivity contribution is 6.20. The summed E-state index contributed by atoms with van der Waals surface area (Å²) in [6.45, 7) is 2.38. The van der Waals surface area contributed by atoms with Crippen molar-refractivity contribution in [2.75, 3.05) is 6.54 Å². The summed E-state index contributed by atoms with van der Waals surface area (Å²) in [5.41, 5.74) is 0.0731. The van der Waals surface area contributed by atoms with Gasteiger partial charge in [-0.25, -0.2) is 0 Å². The first kappa shape index (κ1) is 13.6. The molecule has 0 aliphatic carbocycles. The molecule has 0 aliphatic heterocycles. The molecule has 0 aromatic heterocycles. The van der Waals surface area contributed by atoms with Crippen molar-refractivity contribution >= 4 is 17.5 Å². The number of nitrogens with one attached hydrogen (secondary N) is 1. The quantitative estimate of drug-likeness (QED) is 0.430. The number of benzene rings is 1. The molecule has 0 saturated heterocycles. The van der Waals surface area contributed by atoms with Gasteiger partial charge in [-0.3, -0.25) is 4.79 Å². The number of alkyl halides is 1. The van der Waals surface area contributed by atoms with Gasteiger partial charge in [-0.15, -0.1) is 11.6 Å². The molecular weight excluding hydrogens is 242 g/mol. The Hall–Kier alpha value is -1.42. The summed E-state index contributed by atoms with van der Waals surface area (Å²) >= 11 is 5.77. The number of aromatic hydroxyl groups is 2. The van der Waals surface area contributed by atoms with E-state index in [1.165, 1.54) is 18.2 Å². The number of para-hydroxylation sites is 1. The van der Waals surface area contributed by atoms with E-state index in [-0.39, 0.29) is 16.7 Å². The largest absolute Gasteiger partial charge is 0.504 e. The van der Waals surface area contributed by atoms with Gasteiger partial charge in [0.25, 0.3) is 5.91 Å². The second-order valence-corrected chi connectivity index (χ2v) is 4.60. The lowest BCUT2D eigenvalue weighted by Crippen LogP contribution is -2.24. The highest BCUT2D eigenvalue weighted by Crippen LogP contribution is 2.27. The van der Waals surface area contributed by atoms with E-state index in [1.807, 2.05) is 6.92 Å². The molecule has 0 heterocycles. The van der Waals surface area contributed by atoms with Crippen LogP contribution in [0, 0.1) is 0 Å². The number of amides is 1. The van der Waals surface area contributed by atoms with Crippen LogP contribution < -0.4 is 5.32 Å². The Bertz CT molecular complexity index is 393. The molecule has 0 spiro atoms. The minimum Gasteiger partial charge on any atom is -0.504 e. The van der Waals surface area contributed by atoms with Crippen LogP contribution in [0.4, 0.5) is 0 Å². The third kappa shape index (κ3) is 4.15. The summed E-state index contributed by atoms with van der Waals surface area (Å²) in [7, 11) is 0. The topological polar surface area (TPSA) is 69.6 Å². The normalized spacial score (nSPS) is 12.1. The second kappa shape index (κ2) is 6.35. The van der Waals surface area contributed by atoms with E-state index in [9.17, 15) is 15.0 Å². The number of phenols is 2. The predicted molar refractivity (Wildman–Crippen MR) is 66.7 cm³/mol. The Labute approximate surface area is 105 Å². The Morgan fingerprint density at radius 1 is 1.47 bits per heavy atom.